The highest BCUT2D eigenvalue weighted by molar-refractivity contribution is 7.00. The van der Waals surface area contributed by atoms with E-state index >= 15 is 0 Å². The molecule has 0 bridgehead atoms. The monoisotopic (exact) mass is 1200 g/mol. The minimum atomic E-state index is -0.565. The quantitative estimate of drug-likeness (QED) is 0.162. The van der Waals surface area contributed by atoms with E-state index in [9.17, 15) is 13.5 Å². The predicted molar refractivity (Wildman–Crippen MR) is 393 cm³/mol. The maximum Gasteiger partial charge on any atom is 0.252 e. The van der Waals surface area contributed by atoms with Crippen LogP contribution in [0, 0.1) is 11.3 Å². The zero-order chi connectivity index (χ0) is 69.6. The lowest BCUT2D eigenvalue weighted by atomic mass is 9.33. The highest BCUT2D eigenvalue weighted by Crippen LogP contribution is 2.54. The molecule has 3 aromatic heterocycles. The minimum absolute atomic E-state index is 0.00932. The van der Waals surface area contributed by atoms with Gasteiger partial charge in [-0.2, -0.15) is 5.26 Å². The molecular formula is C87H64BN5. The molecule has 0 amide bonds. The van der Waals surface area contributed by atoms with Crippen LogP contribution in [0.1, 0.15) is 69.2 Å². The summed E-state index contributed by atoms with van der Waals surface area (Å²) in [7, 11) is 0. The molecule has 0 unspecified atom stereocenters. The van der Waals surface area contributed by atoms with Crippen molar-refractivity contribution in [2.75, 3.05) is 4.90 Å². The van der Waals surface area contributed by atoms with Crippen molar-refractivity contribution in [3.05, 3.63) is 289 Å². The van der Waals surface area contributed by atoms with Crippen molar-refractivity contribution >= 4 is 106 Å². The second kappa shape index (κ2) is 20.3. The molecule has 2 aliphatic heterocycles. The number of aromatic amines is 1. The predicted octanol–water partition coefficient (Wildman–Crippen LogP) is 20.9. The van der Waals surface area contributed by atoms with Crippen molar-refractivity contribution in [2.24, 2.45) is 0 Å². The zero-order valence-corrected chi connectivity index (χ0v) is 52.2. The lowest BCUT2D eigenvalue weighted by Crippen LogP contribution is -2.60. The average molecular weight is 1200 g/mol. The second-order valence-electron chi connectivity index (χ2n) is 27.0. The largest absolute Gasteiger partial charge is 0.354 e. The van der Waals surface area contributed by atoms with Crippen LogP contribution in [0.15, 0.2) is 273 Å². The molecule has 0 atom stereocenters. The summed E-state index contributed by atoms with van der Waals surface area (Å²) in [5, 5.41) is 15.2. The first-order valence-electron chi connectivity index (χ1n) is 35.8. The maximum atomic E-state index is 11.4. The number of nitrogens with one attached hydrogen (secondary N) is 1. The van der Waals surface area contributed by atoms with Gasteiger partial charge in [0.15, 0.2) is 0 Å². The molecule has 0 aliphatic carbocycles. The normalized spacial score (nSPS) is 14.0. The molecule has 93 heavy (non-hydrogen) atoms. The fourth-order valence-electron chi connectivity index (χ4n) is 15.3. The molecule has 13 aromatic carbocycles. The summed E-state index contributed by atoms with van der Waals surface area (Å²) in [6.45, 7) is 12.8. The lowest BCUT2D eigenvalue weighted by molar-refractivity contribution is 0.590. The maximum absolute atomic E-state index is 11.4. The topological polar surface area (TPSA) is 52.7 Å². The second-order valence-corrected chi connectivity index (χ2v) is 27.0. The molecule has 16 aromatic rings. The van der Waals surface area contributed by atoms with Gasteiger partial charge in [-0.05, 0) is 144 Å². The molecule has 0 fully saturated rings. The third-order valence-electron chi connectivity index (χ3n) is 19.6. The Balaban J connectivity index is 1.06. The summed E-state index contributed by atoms with van der Waals surface area (Å²) in [5.41, 5.74) is 22.8. The number of rotatable bonds is 7. The number of hydrogen-bond donors (Lipinski definition) is 1. The number of anilines is 3. The Morgan fingerprint density at radius 3 is 1.59 bits per heavy atom. The SMILES string of the molecule is [2H]c1c([2H])c([2H])c2c(c1[2H])c1c([2H])c([2H])c([2H])c([2H])c1n2-c1ccc2c(c1)N(c1c(-c3ccccc3)cc(C(C)(C)C)cc1-c1ccccc1)c1c3c(cc4[nH]c5c(-c6ccccc6-c6ccccc6-c6ccccc6)cccc5c14)-n1c4ccc(C(C)(C)C)cc4c4cc(C#N)cc(c41)B23. The van der Waals surface area contributed by atoms with Crippen molar-refractivity contribution in [2.45, 2.75) is 52.4 Å². The van der Waals surface area contributed by atoms with Crippen molar-refractivity contribution in [3.63, 3.8) is 0 Å². The van der Waals surface area contributed by atoms with E-state index in [2.05, 4.69) is 256 Å². The molecule has 5 heterocycles. The molecule has 0 spiro atoms. The van der Waals surface area contributed by atoms with E-state index in [4.69, 9.17) is 2.74 Å². The third kappa shape index (κ3) is 8.19. The van der Waals surface area contributed by atoms with Crippen molar-refractivity contribution in [3.8, 4) is 73.1 Å². The molecule has 5 nitrogen and oxygen atoms in total. The highest BCUT2D eigenvalue weighted by Gasteiger charge is 2.45. The molecular weight excluding hydrogens is 1130 g/mol. The average Bonchev–Trinajstić information content (AvgIpc) is 1.62. The van der Waals surface area contributed by atoms with Crippen LogP contribution in [0.4, 0.5) is 17.1 Å². The van der Waals surface area contributed by atoms with Gasteiger partial charge in [0, 0.05) is 71.6 Å². The zero-order valence-electron chi connectivity index (χ0n) is 60.2. The van der Waals surface area contributed by atoms with Crippen LogP contribution in [0.3, 0.4) is 0 Å². The number of hydrogen-bond acceptors (Lipinski definition) is 2. The standard InChI is InChI=1S/C87H64BN5/c1-86(2,3)57-41-44-77-70(47-57)71-45-53(52-89)46-73-84(71)92(77)79-51-74-80(67-38-24-37-66(82(67)90-74)63-34-19-18-33-62(63)61-32-17-16-31-60(61)54-25-10-7-11-26-54)85-81(79)88(73)72-43-42-59(91-75-39-22-20-35-64(75)65-36-21-23-40-76(65)91)50-78(72)93(85)83-68(55-27-12-8-13-28-55)48-58(87(4,5)6)49-69(83)56-29-14-9-15-30-56/h7-51,90H,1-6H3/i20D,21D,22D,23D,35D,36D,39D,40D. The third-order valence-corrected chi connectivity index (χ3v) is 19.6. The van der Waals surface area contributed by atoms with E-state index in [1.54, 1.807) is 4.57 Å². The summed E-state index contributed by atoms with van der Waals surface area (Å²) in [4.78, 5) is 6.62. The van der Waals surface area contributed by atoms with E-state index in [0.29, 0.717) is 16.9 Å². The van der Waals surface area contributed by atoms with Crippen LogP contribution in [0.5, 0.6) is 0 Å². The highest BCUT2D eigenvalue weighted by atomic mass is 15.2. The Hall–Kier alpha value is -11.4. The van der Waals surface area contributed by atoms with Gasteiger partial charge < -0.3 is 19.0 Å². The van der Waals surface area contributed by atoms with Gasteiger partial charge in [-0.25, -0.2) is 0 Å². The lowest BCUT2D eigenvalue weighted by Gasteiger charge is -2.42. The van der Waals surface area contributed by atoms with Crippen LogP contribution in [0.2, 0.25) is 0 Å². The molecule has 0 saturated heterocycles. The first-order chi connectivity index (χ1) is 48.7. The summed E-state index contributed by atoms with van der Waals surface area (Å²) in [5.74, 6) is 0. The van der Waals surface area contributed by atoms with Gasteiger partial charge in [0.05, 0.1) is 61.6 Å². The van der Waals surface area contributed by atoms with Crippen molar-refractivity contribution in [1.82, 2.24) is 14.1 Å². The van der Waals surface area contributed by atoms with Crippen LogP contribution in [-0.2, 0) is 10.8 Å². The fourth-order valence-corrected chi connectivity index (χ4v) is 15.3. The summed E-state index contributed by atoms with van der Waals surface area (Å²) < 4.78 is 79.3. The Morgan fingerprint density at radius 2 is 0.978 bits per heavy atom. The Labute approximate surface area is 553 Å². The molecule has 0 saturated carbocycles. The molecule has 18 rings (SSSR count). The van der Waals surface area contributed by atoms with Crippen LogP contribution < -0.4 is 21.3 Å². The van der Waals surface area contributed by atoms with E-state index in [-0.39, 0.29) is 44.7 Å². The molecule has 2 aliphatic rings. The van der Waals surface area contributed by atoms with Crippen molar-refractivity contribution in [1.29, 1.82) is 5.26 Å². The first-order valence-corrected chi connectivity index (χ1v) is 31.8. The number of benzene rings is 13. The Morgan fingerprint density at radius 1 is 0.419 bits per heavy atom. The molecule has 440 valence electrons. The molecule has 6 heteroatoms. The van der Waals surface area contributed by atoms with Crippen LogP contribution in [0.25, 0.3) is 132 Å². The van der Waals surface area contributed by atoms with E-state index in [1.165, 1.54) is 0 Å². The summed E-state index contributed by atoms with van der Waals surface area (Å²) in [6.07, 6.45) is 0. The van der Waals surface area contributed by atoms with Gasteiger partial charge >= 0.3 is 0 Å². The Bertz CT molecular complexity index is 6210. The van der Waals surface area contributed by atoms with E-state index in [0.717, 1.165) is 144 Å². The van der Waals surface area contributed by atoms with Gasteiger partial charge in [0.25, 0.3) is 6.71 Å². The molecule has 1 N–H and O–H groups in total. The number of H-pyrrole nitrogens is 1. The van der Waals surface area contributed by atoms with E-state index in [1.807, 2.05) is 30.3 Å². The fraction of sp³-hybridized carbons (Fsp3) is 0.0920. The first kappa shape index (κ1) is 46.7. The minimum Gasteiger partial charge on any atom is -0.354 e. The van der Waals surface area contributed by atoms with Gasteiger partial charge in [0.1, 0.15) is 0 Å². The molecule has 0 radical (unpaired) electrons. The van der Waals surface area contributed by atoms with Gasteiger partial charge in [-0.15, -0.1) is 0 Å². The van der Waals surface area contributed by atoms with Crippen molar-refractivity contribution < 1.29 is 11.0 Å². The van der Waals surface area contributed by atoms with Crippen LogP contribution in [-0.4, -0.2) is 20.8 Å². The van der Waals surface area contributed by atoms with Gasteiger partial charge in [0.2, 0.25) is 0 Å². The number of fused-ring (bicyclic) bond motifs is 14. The van der Waals surface area contributed by atoms with Gasteiger partial charge in [-0.1, -0.05) is 248 Å². The van der Waals surface area contributed by atoms with Crippen LogP contribution >= 0.6 is 0 Å². The summed E-state index contributed by atoms with van der Waals surface area (Å²) >= 11 is 0. The van der Waals surface area contributed by atoms with E-state index < -0.39 is 43.0 Å². The van der Waals surface area contributed by atoms with Gasteiger partial charge in [-0.3, -0.25) is 0 Å². The summed E-state index contributed by atoms with van der Waals surface area (Å²) in [6, 6.07) is 78.4. The smallest absolute Gasteiger partial charge is 0.252 e. The number of aromatic nitrogens is 3. The number of nitrogens with zero attached hydrogens (tertiary/aromatic N) is 4. The number of nitriles is 1. The number of para-hydroxylation sites is 3. The Kier molecular flexibility index (Phi) is 10.2.